The molecule has 1 saturated heterocycles. The number of benzene rings is 1. The summed E-state index contributed by atoms with van der Waals surface area (Å²) >= 11 is 0. The van der Waals surface area contributed by atoms with Crippen LogP contribution in [0, 0.1) is 5.92 Å². The molecular weight excluding hydrogens is 362 g/mol. The number of likely N-dealkylation sites (tertiary alicyclic amines) is 1. The molecule has 1 atom stereocenters. The average Bonchev–Trinajstić information content (AvgIpc) is 2.77. The molecular formula is C24H33N3O2. The van der Waals surface area contributed by atoms with Crippen molar-refractivity contribution in [2.75, 3.05) is 40.3 Å². The van der Waals surface area contributed by atoms with Crippen LogP contribution in [0.2, 0.25) is 0 Å². The number of methoxy groups -OCH3 is 1. The van der Waals surface area contributed by atoms with Crippen LogP contribution in [0.15, 0.2) is 48.7 Å². The van der Waals surface area contributed by atoms with E-state index in [9.17, 15) is 4.79 Å². The molecule has 0 N–H and O–H groups in total. The van der Waals surface area contributed by atoms with Crippen molar-refractivity contribution in [3.8, 4) is 5.75 Å². The van der Waals surface area contributed by atoms with Crippen LogP contribution >= 0.6 is 0 Å². The second-order valence-corrected chi connectivity index (χ2v) is 7.97. The minimum Gasteiger partial charge on any atom is -0.496 e. The number of hydrogen-bond donors (Lipinski definition) is 0. The summed E-state index contributed by atoms with van der Waals surface area (Å²) < 4.78 is 5.47. The van der Waals surface area contributed by atoms with E-state index < -0.39 is 0 Å². The molecule has 0 bridgehead atoms. The number of piperidine rings is 1. The molecule has 1 amide bonds. The van der Waals surface area contributed by atoms with E-state index in [0.717, 1.165) is 44.0 Å². The fourth-order valence-electron chi connectivity index (χ4n) is 4.15. The van der Waals surface area contributed by atoms with Gasteiger partial charge in [0.1, 0.15) is 5.75 Å². The molecule has 2 aromatic rings. The number of pyridine rings is 1. The summed E-state index contributed by atoms with van der Waals surface area (Å²) in [4.78, 5) is 21.3. The standard InChI is InChI=1S/C24H33N3O2/c1-26(24(28)13-12-22-10-5-6-15-25-22)18-20-8-7-16-27(19-20)17-14-21-9-3-4-11-23(21)29-2/h3-6,9-11,15,20H,7-8,12-14,16-19H2,1-2H3/t20-/m1/s1. The minimum atomic E-state index is 0.210. The molecule has 1 aliphatic rings. The highest BCUT2D eigenvalue weighted by atomic mass is 16.5. The van der Waals surface area contributed by atoms with Crippen LogP contribution in [0.1, 0.15) is 30.5 Å². The summed E-state index contributed by atoms with van der Waals surface area (Å²) in [5.74, 6) is 1.73. The molecule has 1 aromatic heterocycles. The first-order valence-corrected chi connectivity index (χ1v) is 10.6. The van der Waals surface area contributed by atoms with Crippen LogP contribution in [0.4, 0.5) is 0 Å². The van der Waals surface area contributed by atoms with Crippen molar-refractivity contribution in [1.29, 1.82) is 0 Å². The Morgan fingerprint density at radius 1 is 1.21 bits per heavy atom. The van der Waals surface area contributed by atoms with E-state index in [0.29, 0.717) is 18.8 Å². The Hall–Kier alpha value is -2.40. The van der Waals surface area contributed by atoms with Crippen molar-refractivity contribution in [1.82, 2.24) is 14.8 Å². The van der Waals surface area contributed by atoms with Gasteiger partial charge in [-0.1, -0.05) is 24.3 Å². The Morgan fingerprint density at radius 2 is 2.03 bits per heavy atom. The molecule has 156 valence electrons. The molecule has 5 nitrogen and oxygen atoms in total. The van der Waals surface area contributed by atoms with Crippen LogP contribution in [-0.4, -0.2) is 61.0 Å². The van der Waals surface area contributed by atoms with Crippen molar-refractivity contribution in [3.63, 3.8) is 0 Å². The lowest BCUT2D eigenvalue weighted by atomic mass is 9.96. The smallest absolute Gasteiger partial charge is 0.222 e. The zero-order valence-electron chi connectivity index (χ0n) is 17.7. The zero-order valence-corrected chi connectivity index (χ0v) is 17.7. The van der Waals surface area contributed by atoms with E-state index in [-0.39, 0.29) is 5.91 Å². The first-order chi connectivity index (χ1) is 14.2. The van der Waals surface area contributed by atoms with Crippen LogP contribution in [0.25, 0.3) is 0 Å². The van der Waals surface area contributed by atoms with Crippen molar-refractivity contribution < 1.29 is 9.53 Å². The fraction of sp³-hybridized carbons (Fsp3) is 0.500. The monoisotopic (exact) mass is 395 g/mol. The Kier molecular flexibility index (Phi) is 8.05. The third kappa shape index (κ3) is 6.57. The largest absolute Gasteiger partial charge is 0.496 e. The van der Waals surface area contributed by atoms with Crippen LogP contribution in [-0.2, 0) is 17.6 Å². The van der Waals surface area contributed by atoms with Gasteiger partial charge < -0.3 is 14.5 Å². The van der Waals surface area contributed by atoms with E-state index in [4.69, 9.17) is 4.74 Å². The van der Waals surface area contributed by atoms with Crippen molar-refractivity contribution in [3.05, 3.63) is 59.9 Å². The Balaban J connectivity index is 1.43. The summed E-state index contributed by atoms with van der Waals surface area (Å²) in [6.45, 7) is 4.08. The van der Waals surface area contributed by atoms with Gasteiger partial charge >= 0.3 is 0 Å². The van der Waals surface area contributed by atoms with Gasteiger partial charge in [0, 0.05) is 45.0 Å². The van der Waals surface area contributed by atoms with Gasteiger partial charge in [-0.05, 0) is 61.9 Å². The lowest BCUT2D eigenvalue weighted by Crippen LogP contribution is -2.42. The number of para-hydroxylation sites is 1. The fourth-order valence-corrected chi connectivity index (χ4v) is 4.15. The van der Waals surface area contributed by atoms with Crippen LogP contribution < -0.4 is 4.74 Å². The summed E-state index contributed by atoms with van der Waals surface area (Å²) in [5, 5.41) is 0. The zero-order chi connectivity index (χ0) is 20.5. The summed E-state index contributed by atoms with van der Waals surface area (Å²) in [6, 6.07) is 14.1. The molecule has 5 heteroatoms. The molecule has 1 aromatic carbocycles. The molecule has 0 radical (unpaired) electrons. The van der Waals surface area contributed by atoms with Gasteiger partial charge in [0.25, 0.3) is 0 Å². The number of rotatable bonds is 9. The Labute approximate surface area is 174 Å². The maximum Gasteiger partial charge on any atom is 0.222 e. The lowest BCUT2D eigenvalue weighted by Gasteiger charge is -2.35. The third-order valence-electron chi connectivity index (χ3n) is 5.77. The molecule has 1 aliphatic heterocycles. The predicted molar refractivity (Wildman–Crippen MR) is 116 cm³/mol. The Morgan fingerprint density at radius 3 is 2.83 bits per heavy atom. The van der Waals surface area contributed by atoms with Crippen LogP contribution in [0.3, 0.4) is 0 Å². The van der Waals surface area contributed by atoms with E-state index >= 15 is 0 Å². The van der Waals surface area contributed by atoms with Gasteiger partial charge in [-0.15, -0.1) is 0 Å². The number of carbonyl (C=O) groups excluding carboxylic acids is 1. The van der Waals surface area contributed by atoms with E-state index in [1.165, 1.54) is 18.4 Å². The molecule has 2 heterocycles. The predicted octanol–water partition coefficient (Wildman–Crippen LogP) is 3.44. The van der Waals surface area contributed by atoms with E-state index in [2.05, 4.69) is 22.0 Å². The maximum atomic E-state index is 12.5. The molecule has 1 fully saturated rings. The number of aryl methyl sites for hydroxylation is 1. The maximum absolute atomic E-state index is 12.5. The quantitative estimate of drug-likeness (QED) is 0.653. The van der Waals surface area contributed by atoms with Gasteiger partial charge in [0.15, 0.2) is 0 Å². The first-order valence-electron chi connectivity index (χ1n) is 10.6. The van der Waals surface area contributed by atoms with Crippen molar-refractivity contribution in [2.45, 2.75) is 32.1 Å². The Bertz CT molecular complexity index is 766. The van der Waals surface area contributed by atoms with Gasteiger partial charge in [0.2, 0.25) is 5.91 Å². The van der Waals surface area contributed by atoms with Crippen LogP contribution in [0.5, 0.6) is 5.75 Å². The van der Waals surface area contributed by atoms with Crippen molar-refractivity contribution >= 4 is 5.91 Å². The first kappa shape index (κ1) is 21.3. The molecule has 0 aliphatic carbocycles. The summed E-state index contributed by atoms with van der Waals surface area (Å²) in [6.07, 6.45) is 6.41. The number of ether oxygens (including phenoxy) is 1. The van der Waals surface area contributed by atoms with Gasteiger partial charge in [-0.2, -0.15) is 0 Å². The molecule has 29 heavy (non-hydrogen) atoms. The highest BCUT2D eigenvalue weighted by molar-refractivity contribution is 5.76. The summed E-state index contributed by atoms with van der Waals surface area (Å²) in [7, 11) is 3.67. The van der Waals surface area contributed by atoms with Gasteiger partial charge in [-0.3, -0.25) is 9.78 Å². The molecule has 0 unspecified atom stereocenters. The second-order valence-electron chi connectivity index (χ2n) is 7.97. The van der Waals surface area contributed by atoms with Gasteiger partial charge in [-0.25, -0.2) is 0 Å². The minimum absolute atomic E-state index is 0.210. The third-order valence-corrected chi connectivity index (χ3v) is 5.77. The topological polar surface area (TPSA) is 45.7 Å². The van der Waals surface area contributed by atoms with E-state index in [1.807, 2.05) is 42.3 Å². The van der Waals surface area contributed by atoms with Gasteiger partial charge in [0.05, 0.1) is 7.11 Å². The average molecular weight is 396 g/mol. The molecule has 3 rings (SSSR count). The SMILES string of the molecule is COc1ccccc1CCN1CCC[C@H](CN(C)C(=O)CCc2ccccn2)C1. The second kappa shape index (κ2) is 11.0. The highest BCUT2D eigenvalue weighted by Crippen LogP contribution is 2.21. The molecule has 0 spiro atoms. The van der Waals surface area contributed by atoms with Crippen molar-refractivity contribution in [2.24, 2.45) is 5.92 Å². The number of amides is 1. The lowest BCUT2D eigenvalue weighted by molar-refractivity contribution is -0.130. The number of nitrogens with zero attached hydrogens (tertiary/aromatic N) is 3. The summed E-state index contributed by atoms with van der Waals surface area (Å²) in [5.41, 5.74) is 2.24. The molecule has 0 saturated carbocycles. The number of hydrogen-bond acceptors (Lipinski definition) is 4. The highest BCUT2D eigenvalue weighted by Gasteiger charge is 2.22. The van der Waals surface area contributed by atoms with E-state index in [1.54, 1.807) is 13.3 Å². The number of aromatic nitrogens is 1. The number of carbonyl (C=O) groups is 1. The normalized spacial score (nSPS) is 17.1.